The molecule has 1 aliphatic carbocycles. The van der Waals surface area contributed by atoms with Crippen LogP contribution in [-0.2, 0) is 0 Å². The molecule has 2 unspecified atom stereocenters. The zero-order chi connectivity index (χ0) is 11.0. The number of benzene rings is 1. The van der Waals surface area contributed by atoms with Crippen molar-refractivity contribution in [2.24, 2.45) is 0 Å². The van der Waals surface area contributed by atoms with Gasteiger partial charge in [-0.25, -0.2) is 0 Å². The number of fused-ring (bicyclic) bond motifs is 1. The van der Waals surface area contributed by atoms with Gasteiger partial charge >= 0.3 is 0 Å². The summed E-state index contributed by atoms with van der Waals surface area (Å²) < 4.78 is 0. The quantitative estimate of drug-likeness (QED) is 0.813. The van der Waals surface area contributed by atoms with Crippen LogP contribution >= 0.6 is 11.6 Å². The molecule has 80 valence electrons. The Kier molecular flexibility index (Phi) is 2.85. The first kappa shape index (κ1) is 10.7. The second-order valence-corrected chi connectivity index (χ2v) is 4.55. The van der Waals surface area contributed by atoms with Crippen LogP contribution in [0.1, 0.15) is 36.0 Å². The molecule has 1 N–H and O–H groups in total. The second-order valence-electron chi connectivity index (χ2n) is 4.11. The van der Waals surface area contributed by atoms with Crippen molar-refractivity contribution < 1.29 is 5.11 Å². The van der Waals surface area contributed by atoms with Crippen molar-refractivity contribution in [2.45, 2.75) is 32.3 Å². The summed E-state index contributed by atoms with van der Waals surface area (Å²) in [5, 5.41) is 10.7. The van der Waals surface area contributed by atoms with Crippen LogP contribution in [0.3, 0.4) is 0 Å². The third kappa shape index (κ3) is 1.82. The van der Waals surface area contributed by atoms with E-state index in [-0.39, 0.29) is 12.0 Å². The number of hydrogen-bond donors (Lipinski definition) is 1. The minimum absolute atomic E-state index is 0.0217. The van der Waals surface area contributed by atoms with Crippen LogP contribution in [0, 0.1) is 6.92 Å². The molecule has 1 nitrogen and oxygen atoms in total. The molecule has 0 fully saturated rings. The molecule has 2 atom stereocenters. The van der Waals surface area contributed by atoms with Crippen LogP contribution in [0.4, 0.5) is 0 Å². The largest absolute Gasteiger partial charge is 0.392 e. The van der Waals surface area contributed by atoms with Gasteiger partial charge in [0.15, 0.2) is 0 Å². The molecule has 0 aliphatic heterocycles. The lowest BCUT2D eigenvalue weighted by Crippen LogP contribution is -2.16. The highest BCUT2D eigenvalue weighted by Crippen LogP contribution is 2.41. The highest BCUT2D eigenvalue weighted by atomic mass is 35.5. The summed E-state index contributed by atoms with van der Waals surface area (Å²) in [7, 11) is 0. The minimum atomic E-state index is -0.378. The molecule has 0 saturated carbocycles. The molecule has 0 radical (unpaired) electrons. The Bertz CT molecular complexity index is 409. The first-order valence-electron chi connectivity index (χ1n) is 5.29. The Morgan fingerprint density at radius 2 is 2.20 bits per heavy atom. The SMILES string of the molecule is CCC(O)C1C(Cl)=Cc2ccc(C)cc21. The lowest BCUT2D eigenvalue weighted by atomic mass is 9.92. The summed E-state index contributed by atoms with van der Waals surface area (Å²) >= 11 is 6.17. The van der Waals surface area contributed by atoms with Crippen LogP contribution in [0.2, 0.25) is 0 Å². The fourth-order valence-corrected chi connectivity index (χ4v) is 2.49. The predicted octanol–water partition coefficient (Wildman–Crippen LogP) is 3.44. The van der Waals surface area contributed by atoms with Gasteiger partial charge in [-0.15, -0.1) is 0 Å². The summed E-state index contributed by atoms with van der Waals surface area (Å²) in [5.74, 6) is -0.0217. The van der Waals surface area contributed by atoms with Gasteiger partial charge in [-0.05, 0) is 30.5 Å². The number of halogens is 1. The van der Waals surface area contributed by atoms with Gasteiger partial charge in [-0.1, -0.05) is 42.3 Å². The van der Waals surface area contributed by atoms with Crippen molar-refractivity contribution in [1.29, 1.82) is 0 Å². The third-order valence-corrected chi connectivity index (χ3v) is 3.32. The Labute approximate surface area is 95.4 Å². The molecule has 2 rings (SSSR count). The van der Waals surface area contributed by atoms with Gasteiger partial charge in [0, 0.05) is 11.0 Å². The van der Waals surface area contributed by atoms with E-state index in [4.69, 9.17) is 11.6 Å². The summed E-state index contributed by atoms with van der Waals surface area (Å²) in [5.41, 5.74) is 3.51. The maximum atomic E-state index is 9.94. The van der Waals surface area contributed by atoms with Crippen molar-refractivity contribution in [2.75, 3.05) is 0 Å². The summed E-state index contributed by atoms with van der Waals surface area (Å²) in [6.45, 7) is 4.03. The van der Waals surface area contributed by atoms with Gasteiger partial charge in [0.05, 0.1) is 6.10 Å². The van der Waals surface area contributed by atoms with Gasteiger partial charge in [-0.2, -0.15) is 0 Å². The van der Waals surface area contributed by atoms with E-state index in [0.29, 0.717) is 0 Å². The minimum Gasteiger partial charge on any atom is -0.392 e. The van der Waals surface area contributed by atoms with Crippen LogP contribution in [-0.4, -0.2) is 11.2 Å². The third-order valence-electron chi connectivity index (χ3n) is 2.97. The van der Waals surface area contributed by atoms with E-state index >= 15 is 0 Å². The molecule has 1 aliphatic rings. The standard InChI is InChI=1S/C13H15ClO/c1-3-12(15)13-10-6-8(2)4-5-9(10)7-11(13)14/h4-7,12-13,15H,3H2,1-2H3. The van der Waals surface area contributed by atoms with Gasteiger partial charge in [0.1, 0.15) is 0 Å². The predicted molar refractivity (Wildman–Crippen MR) is 64.0 cm³/mol. The normalized spacial score (nSPS) is 21.1. The van der Waals surface area contributed by atoms with Gasteiger partial charge in [0.25, 0.3) is 0 Å². The number of hydrogen-bond acceptors (Lipinski definition) is 1. The highest BCUT2D eigenvalue weighted by Gasteiger charge is 2.29. The zero-order valence-electron chi connectivity index (χ0n) is 9.00. The first-order valence-corrected chi connectivity index (χ1v) is 5.67. The average molecular weight is 223 g/mol. The van der Waals surface area contributed by atoms with E-state index in [0.717, 1.165) is 22.6 Å². The zero-order valence-corrected chi connectivity index (χ0v) is 9.75. The fraction of sp³-hybridized carbons (Fsp3) is 0.385. The van der Waals surface area contributed by atoms with Crippen molar-refractivity contribution in [3.63, 3.8) is 0 Å². The molecule has 15 heavy (non-hydrogen) atoms. The molecule has 0 spiro atoms. The van der Waals surface area contributed by atoms with Gasteiger partial charge in [-0.3, -0.25) is 0 Å². The molecule has 1 aromatic rings. The van der Waals surface area contributed by atoms with Crippen LogP contribution in [0.25, 0.3) is 6.08 Å². The van der Waals surface area contributed by atoms with Crippen LogP contribution < -0.4 is 0 Å². The fourth-order valence-electron chi connectivity index (χ4n) is 2.11. The molecular weight excluding hydrogens is 208 g/mol. The van der Waals surface area contributed by atoms with E-state index in [1.165, 1.54) is 5.56 Å². The monoisotopic (exact) mass is 222 g/mol. The van der Waals surface area contributed by atoms with Crippen LogP contribution in [0.15, 0.2) is 23.2 Å². The van der Waals surface area contributed by atoms with E-state index in [2.05, 4.69) is 25.1 Å². The van der Waals surface area contributed by atoms with E-state index in [1.54, 1.807) is 0 Å². The summed E-state index contributed by atoms with van der Waals surface area (Å²) in [4.78, 5) is 0. The Morgan fingerprint density at radius 3 is 2.87 bits per heavy atom. The Balaban J connectivity index is 2.45. The van der Waals surface area contributed by atoms with Gasteiger partial charge in [0.2, 0.25) is 0 Å². The molecule has 0 aromatic heterocycles. The van der Waals surface area contributed by atoms with Crippen molar-refractivity contribution in [3.8, 4) is 0 Å². The summed E-state index contributed by atoms with van der Waals surface area (Å²) in [6, 6.07) is 6.25. The van der Waals surface area contributed by atoms with E-state index in [9.17, 15) is 5.11 Å². The maximum absolute atomic E-state index is 9.94. The van der Waals surface area contributed by atoms with Crippen molar-refractivity contribution >= 4 is 17.7 Å². The number of aliphatic hydroxyl groups excluding tert-OH is 1. The second kappa shape index (κ2) is 3.99. The van der Waals surface area contributed by atoms with E-state index in [1.807, 2.05) is 13.0 Å². The maximum Gasteiger partial charge on any atom is 0.0655 e. The number of aryl methyl sites for hydroxylation is 1. The molecule has 0 bridgehead atoms. The van der Waals surface area contributed by atoms with Gasteiger partial charge < -0.3 is 5.11 Å². The van der Waals surface area contributed by atoms with E-state index < -0.39 is 0 Å². The molecule has 1 aromatic carbocycles. The molecule has 0 heterocycles. The number of aliphatic hydroxyl groups is 1. The first-order chi connectivity index (χ1) is 7.13. The lowest BCUT2D eigenvalue weighted by molar-refractivity contribution is 0.154. The Morgan fingerprint density at radius 1 is 1.47 bits per heavy atom. The van der Waals surface area contributed by atoms with Crippen LogP contribution in [0.5, 0.6) is 0 Å². The van der Waals surface area contributed by atoms with Crippen molar-refractivity contribution in [1.82, 2.24) is 0 Å². The average Bonchev–Trinajstić information content (AvgIpc) is 2.52. The lowest BCUT2D eigenvalue weighted by Gasteiger charge is -2.19. The molecule has 0 amide bonds. The topological polar surface area (TPSA) is 20.2 Å². The Hall–Kier alpha value is -0.790. The highest BCUT2D eigenvalue weighted by molar-refractivity contribution is 6.33. The molecular formula is C13H15ClO. The molecule has 2 heteroatoms. The van der Waals surface area contributed by atoms with Crippen molar-refractivity contribution in [3.05, 3.63) is 39.9 Å². The smallest absolute Gasteiger partial charge is 0.0655 e. The molecule has 0 saturated heterocycles. The number of rotatable bonds is 2. The summed E-state index contributed by atoms with van der Waals surface area (Å²) in [6.07, 6.45) is 2.30.